The van der Waals surface area contributed by atoms with Gasteiger partial charge in [-0.3, -0.25) is 4.68 Å². The first-order chi connectivity index (χ1) is 7.94. The van der Waals surface area contributed by atoms with E-state index in [1.807, 2.05) is 6.92 Å². The molecule has 9 heteroatoms. The lowest BCUT2D eigenvalue weighted by Gasteiger charge is -2.32. The first kappa shape index (κ1) is 15.7. The van der Waals surface area contributed by atoms with Crippen molar-refractivity contribution >= 4 is 34.0 Å². The van der Waals surface area contributed by atoms with Gasteiger partial charge in [-0.2, -0.15) is 9.40 Å². The van der Waals surface area contributed by atoms with Gasteiger partial charge in [0.15, 0.2) is 5.03 Å². The number of nitrogens with zero attached hydrogens (tertiary/aromatic N) is 3. The first-order valence-corrected chi connectivity index (χ1v) is 7.16. The van der Waals surface area contributed by atoms with Crippen LogP contribution in [0.5, 0.6) is 0 Å². The van der Waals surface area contributed by atoms with Gasteiger partial charge >= 0.3 is 0 Å². The van der Waals surface area contributed by atoms with Crippen LogP contribution in [0.4, 0.5) is 0 Å². The maximum atomic E-state index is 12.5. The molecule has 0 saturated carbocycles. The summed E-state index contributed by atoms with van der Waals surface area (Å²) in [6.07, 6.45) is 1.35. The zero-order valence-electron chi connectivity index (χ0n) is 10.1. The maximum absolute atomic E-state index is 12.5. The molecule has 0 aliphatic carbocycles. The van der Waals surface area contributed by atoms with Crippen LogP contribution in [0.3, 0.4) is 0 Å². The summed E-state index contributed by atoms with van der Waals surface area (Å²) < 4.78 is 27.7. The zero-order chi connectivity index (χ0) is 12.6. The molecule has 2 heterocycles. The van der Waals surface area contributed by atoms with Crippen molar-refractivity contribution in [2.75, 3.05) is 19.6 Å². The second-order valence-electron chi connectivity index (χ2n) is 4.09. The molecule has 1 aromatic heterocycles. The molecule has 1 aliphatic rings. The quantitative estimate of drug-likeness (QED) is 0.862. The van der Waals surface area contributed by atoms with Crippen molar-refractivity contribution in [3.8, 4) is 0 Å². The number of hydrogen-bond acceptors (Lipinski definition) is 4. The Morgan fingerprint density at radius 3 is 2.72 bits per heavy atom. The molecule has 1 atom stereocenters. The number of sulfonamides is 1. The van der Waals surface area contributed by atoms with Gasteiger partial charge in [-0.05, 0) is 6.92 Å². The van der Waals surface area contributed by atoms with Crippen molar-refractivity contribution in [2.24, 2.45) is 7.05 Å². The standard InChI is InChI=1S/C9H15ClN4O2S.ClH/c1-7-5-11-3-4-14(7)17(15,16)9-8(10)6-12-13(9)2;/h6-7,11H,3-5H2,1-2H3;1H. The van der Waals surface area contributed by atoms with Crippen LogP contribution in [0.1, 0.15) is 6.92 Å². The van der Waals surface area contributed by atoms with Crippen LogP contribution < -0.4 is 5.32 Å². The lowest BCUT2D eigenvalue weighted by atomic mass is 10.3. The molecule has 1 saturated heterocycles. The molecule has 0 radical (unpaired) electrons. The Kier molecular flexibility index (Phi) is 5.02. The molecule has 6 nitrogen and oxygen atoms in total. The highest BCUT2D eigenvalue weighted by Gasteiger charge is 2.34. The van der Waals surface area contributed by atoms with Gasteiger partial charge in [0.25, 0.3) is 10.0 Å². The second-order valence-corrected chi connectivity index (χ2v) is 6.30. The van der Waals surface area contributed by atoms with Crippen LogP contribution >= 0.6 is 24.0 Å². The fourth-order valence-electron chi connectivity index (χ4n) is 1.98. The highest BCUT2D eigenvalue weighted by atomic mass is 35.5. The Hall–Kier alpha value is -0.340. The smallest absolute Gasteiger partial charge is 0.262 e. The van der Waals surface area contributed by atoms with Gasteiger partial charge in [0.05, 0.1) is 11.2 Å². The highest BCUT2D eigenvalue weighted by Crippen LogP contribution is 2.25. The van der Waals surface area contributed by atoms with Gasteiger partial charge < -0.3 is 5.32 Å². The molecule has 1 aromatic rings. The van der Waals surface area contributed by atoms with E-state index in [1.165, 1.54) is 15.2 Å². The predicted molar refractivity (Wildman–Crippen MR) is 71.7 cm³/mol. The third-order valence-corrected chi connectivity index (χ3v) is 5.36. The largest absolute Gasteiger partial charge is 0.314 e. The lowest BCUT2D eigenvalue weighted by molar-refractivity contribution is 0.282. The van der Waals surface area contributed by atoms with Crippen molar-refractivity contribution in [3.63, 3.8) is 0 Å². The lowest BCUT2D eigenvalue weighted by Crippen LogP contribution is -2.52. The van der Waals surface area contributed by atoms with Crippen LogP contribution in [0.15, 0.2) is 11.2 Å². The van der Waals surface area contributed by atoms with Crippen LogP contribution in [0.2, 0.25) is 5.02 Å². The van der Waals surface area contributed by atoms with Gasteiger partial charge in [-0.1, -0.05) is 11.6 Å². The van der Waals surface area contributed by atoms with Crippen molar-refractivity contribution in [3.05, 3.63) is 11.2 Å². The van der Waals surface area contributed by atoms with Crippen molar-refractivity contribution in [1.82, 2.24) is 19.4 Å². The normalized spacial score (nSPS) is 21.6. The summed E-state index contributed by atoms with van der Waals surface area (Å²) in [6.45, 7) is 3.62. The highest BCUT2D eigenvalue weighted by molar-refractivity contribution is 7.89. The van der Waals surface area contributed by atoms with Gasteiger partial charge in [-0.25, -0.2) is 8.42 Å². The Morgan fingerprint density at radius 2 is 2.22 bits per heavy atom. The Bertz CT molecular complexity index is 497. The number of nitrogens with one attached hydrogen (secondary N) is 1. The van der Waals surface area contributed by atoms with Crippen molar-refractivity contribution in [1.29, 1.82) is 0 Å². The molecule has 104 valence electrons. The van der Waals surface area contributed by atoms with Crippen LogP contribution in [-0.4, -0.2) is 48.2 Å². The number of rotatable bonds is 2. The zero-order valence-corrected chi connectivity index (χ0v) is 12.5. The molecule has 2 rings (SSSR count). The molecule has 0 aromatic carbocycles. The molecule has 0 bridgehead atoms. The summed E-state index contributed by atoms with van der Waals surface area (Å²) in [5.74, 6) is 0. The van der Waals surface area contributed by atoms with Gasteiger partial charge in [0.1, 0.15) is 0 Å². The minimum Gasteiger partial charge on any atom is -0.314 e. The average molecular weight is 315 g/mol. The first-order valence-electron chi connectivity index (χ1n) is 5.34. The molecule has 0 spiro atoms. The maximum Gasteiger partial charge on any atom is 0.262 e. The number of piperazine rings is 1. The number of hydrogen-bond donors (Lipinski definition) is 1. The van der Waals surface area contributed by atoms with E-state index in [9.17, 15) is 8.42 Å². The number of halogens is 2. The average Bonchev–Trinajstić information content (AvgIpc) is 2.59. The third kappa shape index (κ3) is 2.65. The molecule has 0 amide bonds. The fraction of sp³-hybridized carbons (Fsp3) is 0.667. The van der Waals surface area contributed by atoms with Crippen LogP contribution in [-0.2, 0) is 17.1 Å². The van der Waals surface area contributed by atoms with Gasteiger partial charge in [0, 0.05) is 32.7 Å². The molecule has 1 N–H and O–H groups in total. The topological polar surface area (TPSA) is 67.2 Å². The summed E-state index contributed by atoms with van der Waals surface area (Å²) in [5, 5.41) is 7.24. The third-order valence-electron chi connectivity index (χ3n) is 2.84. The minimum absolute atomic E-state index is 0. The van der Waals surface area contributed by atoms with E-state index in [0.717, 1.165) is 0 Å². The molecule has 1 fully saturated rings. The monoisotopic (exact) mass is 314 g/mol. The Balaban J connectivity index is 0.00000162. The van der Waals surface area contributed by atoms with Crippen LogP contribution in [0, 0.1) is 0 Å². The summed E-state index contributed by atoms with van der Waals surface area (Å²) in [6, 6.07) is -0.0836. The molecule has 1 unspecified atom stereocenters. The Labute approximate surface area is 118 Å². The van der Waals surface area contributed by atoms with E-state index in [2.05, 4.69) is 10.4 Å². The fourth-order valence-corrected chi connectivity index (χ4v) is 4.22. The van der Waals surface area contributed by atoms with E-state index in [-0.39, 0.29) is 28.5 Å². The SMILES string of the molecule is CC1CNCCN1S(=O)(=O)c1c(Cl)cnn1C.Cl. The van der Waals surface area contributed by atoms with E-state index < -0.39 is 10.0 Å². The number of aromatic nitrogens is 2. The van der Waals surface area contributed by atoms with E-state index in [0.29, 0.717) is 19.6 Å². The van der Waals surface area contributed by atoms with E-state index in [1.54, 1.807) is 7.05 Å². The van der Waals surface area contributed by atoms with Crippen molar-refractivity contribution < 1.29 is 8.42 Å². The predicted octanol–water partition coefficient (Wildman–Crippen LogP) is 0.478. The molecule has 1 aliphatic heterocycles. The summed E-state index contributed by atoms with van der Waals surface area (Å²) >= 11 is 5.89. The van der Waals surface area contributed by atoms with Gasteiger partial charge in [-0.15, -0.1) is 12.4 Å². The summed E-state index contributed by atoms with van der Waals surface area (Å²) in [4.78, 5) is 0. The molecule has 18 heavy (non-hydrogen) atoms. The van der Waals surface area contributed by atoms with E-state index >= 15 is 0 Å². The second kappa shape index (κ2) is 5.75. The molecular weight excluding hydrogens is 299 g/mol. The van der Waals surface area contributed by atoms with Crippen molar-refractivity contribution in [2.45, 2.75) is 18.0 Å². The molecular formula is C9H16Cl2N4O2S. The van der Waals surface area contributed by atoms with Gasteiger partial charge in [0.2, 0.25) is 0 Å². The van der Waals surface area contributed by atoms with E-state index in [4.69, 9.17) is 11.6 Å². The minimum atomic E-state index is -3.57. The number of aryl methyl sites for hydroxylation is 1. The van der Waals surface area contributed by atoms with Crippen LogP contribution in [0.25, 0.3) is 0 Å². The summed E-state index contributed by atoms with van der Waals surface area (Å²) in [7, 11) is -1.99. The summed E-state index contributed by atoms with van der Waals surface area (Å²) in [5.41, 5.74) is 0. The Morgan fingerprint density at radius 1 is 1.56 bits per heavy atom.